The van der Waals surface area contributed by atoms with Crippen molar-refractivity contribution in [2.45, 2.75) is 76.5 Å². The Morgan fingerprint density at radius 2 is 1.62 bits per heavy atom. The third-order valence-electron chi connectivity index (χ3n) is 5.18. The van der Waals surface area contributed by atoms with Crippen molar-refractivity contribution in [1.82, 2.24) is 16.0 Å². The Kier molecular flexibility index (Phi) is 15.5. The molecule has 1 radical (unpaired) electrons. The molecule has 0 aliphatic rings. The molecular weight excluding hydrogens is 466 g/mol. The van der Waals surface area contributed by atoms with Crippen LogP contribution in [0.15, 0.2) is 0 Å². The van der Waals surface area contributed by atoms with Crippen LogP contribution in [0.4, 0.5) is 0 Å². The Morgan fingerprint density at radius 1 is 0.971 bits per heavy atom. The third kappa shape index (κ3) is 12.5. The molecule has 8 N–H and O–H groups in total. The van der Waals surface area contributed by atoms with Gasteiger partial charge in [-0.3, -0.25) is 28.8 Å². The van der Waals surface area contributed by atoms with E-state index in [1.165, 1.54) is 11.8 Å². The van der Waals surface area contributed by atoms with Gasteiger partial charge in [0.2, 0.25) is 29.9 Å². The van der Waals surface area contributed by atoms with Crippen molar-refractivity contribution >= 4 is 47.6 Å². The third-order valence-corrected chi connectivity index (χ3v) is 5.82. The molecule has 0 saturated heterocycles. The van der Waals surface area contributed by atoms with Crippen LogP contribution in [0.1, 0.15) is 52.4 Å². The molecule has 0 bridgehead atoms. The van der Waals surface area contributed by atoms with Gasteiger partial charge in [0.05, 0.1) is 12.1 Å². The lowest BCUT2D eigenvalue weighted by Crippen LogP contribution is -2.58. The average Bonchev–Trinajstić information content (AvgIpc) is 2.79. The summed E-state index contributed by atoms with van der Waals surface area (Å²) in [6.45, 7) is 3.56. The normalized spacial score (nSPS) is 15.2. The fourth-order valence-corrected chi connectivity index (χ4v) is 3.35. The first kappa shape index (κ1) is 31.3. The first-order valence-corrected chi connectivity index (χ1v) is 12.4. The number of aliphatic carboxylic acids is 1. The summed E-state index contributed by atoms with van der Waals surface area (Å²) >= 11 is 1.53. The number of thioether (sulfide) groups is 1. The molecule has 0 aliphatic heterocycles. The van der Waals surface area contributed by atoms with Crippen LogP contribution in [0.2, 0.25) is 0 Å². The minimum atomic E-state index is -1.30. The molecule has 0 aromatic rings. The lowest BCUT2D eigenvalue weighted by molar-refractivity contribution is -0.138. The predicted molar refractivity (Wildman–Crippen MR) is 127 cm³/mol. The molecule has 0 heterocycles. The number of hydrogen-bond acceptors (Lipinski definition) is 8. The molecule has 13 heteroatoms. The zero-order chi connectivity index (χ0) is 26.3. The zero-order valence-corrected chi connectivity index (χ0v) is 20.6. The van der Waals surface area contributed by atoms with Crippen molar-refractivity contribution in [2.75, 3.05) is 12.0 Å². The Balaban J connectivity index is 5.48. The minimum absolute atomic E-state index is 0.0936. The maximum Gasteiger partial charge on any atom is 0.303 e. The summed E-state index contributed by atoms with van der Waals surface area (Å²) in [7, 11) is 0. The van der Waals surface area contributed by atoms with Crippen molar-refractivity contribution in [3.63, 3.8) is 0 Å². The molecule has 4 amide bonds. The lowest BCUT2D eigenvalue weighted by atomic mass is 9.97. The van der Waals surface area contributed by atoms with E-state index in [2.05, 4.69) is 16.0 Å². The van der Waals surface area contributed by atoms with Gasteiger partial charge in [-0.25, -0.2) is 0 Å². The number of hydrogen-bond donors (Lipinski definition) is 6. The van der Waals surface area contributed by atoms with E-state index in [0.717, 1.165) is 0 Å². The summed E-state index contributed by atoms with van der Waals surface area (Å²) in [6.07, 6.45) is 3.43. The zero-order valence-electron chi connectivity index (χ0n) is 19.8. The van der Waals surface area contributed by atoms with Gasteiger partial charge in [-0.05, 0) is 37.2 Å². The van der Waals surface area contributed by atoms with Crippen LogP contribution in [-0.2, 0) is 28.8 Å². The molecular formula is C21H36N5O7S. The van der Waals surface area contributed by atoms with E-state index in [-0.39, 0.29) is 25.2 Å². The highest BCUT2D eigenvalue weighted by Gasteiger charge is 2.32. The van der Waals surface area contributed by atoms with E-state index in [0.29, 0.717) is 18.6 Å². The summed E-state index contributed by atoms with van der Waals surface area (Å²) < 4.78 is 0. The van der Waals surface area contributed by atoms with Crippen LogP contribution >= 0.6 is 11.8 Å². The number of carboxylic acids is 1. The predicted octanol–water partition coefficient (Wildman–Crippen LogP) is -1.19. The largest absolute Gasteiger partial charge is 0.481 e. The van der Waals surface area contributed by atoms with E-state index in [1.807, 2.05) is 13.2 Å². The van der Waals surface area contributed by atoms with Crippen molar-refractivity contribution < 1.29 is 33.9 Å². The van der Waals surface area contributed by atoms with Crippen molar-refractivity contribution in [3.8, 4) is 0 Å². The molecule has 0 saturated carbocycles. The molecule has 5 atom stereocenters. The smallest absolute Gasteiger partial charge is 0.303 e. The van der Waals surface area contributed by atoms with E-state index >= 15 is 0 Å². The van der Waals surface area contributed by atoms with Gasteiger partial charge < -0.3 is 32.5 Å². The van der Waals surface area contributed by atoms with Crippen LogP contribution in [0.3, 0.4) is 0 Å². The summed E-state index contributed by atoms with van der Waals surface area (Å²) in [5.74, 6) is -3.53. The second-order valence-electron chi connectivity index (χ2n) is 7.94. The van der Waals surface area contributed by atoms with Gasteiger partial charge in [0.25, 0.3) is 0 Å². The molecule has 34 heavy (non-hydrogen) atoms. The Morgan fingerprint density at radius 3 is 2.12 bits per heavy atom. The van der Waals surface area contributed by atoms with Crippen molar-refractivity contribution in [3.05, 3.63) is 0 Å². The Hall–Kier alpha value is -2.67. The molecule has 12 nitrogen and oxygen atoms in total. The summed E-state index contributed by atoms with van der Waals surface area (Å²) in [5.41, 5.74) is 10.9. The second-order valence-corrected chi connectivity index (χ2v) is 8.92. The van der Waals surface area contributed by atoms with Gasteiger partial charge in [-0.15, -0.1) is 0 Å². The van der Waals surface area contributed by atoms with Crippen LogP contribution < -0.4 is 27.4 Å². The Labute approximate surface area is 203 Å². The first-order valence-electron chi connectivity index (χ1n) is 11.0. The fourth-order valence-electron chi connectivity index (χ4n) is 2.86. The van der Waals surface area contributed by atoms with E-state index in [1.54, 1.807) is 13.2 Å². The second kappa shape index (κ2) is 16.9. The molecule has 0 aliphatic carbocycles. The minimum Gasteiger partial charge on any atom is -0.481 e. The number of carboxylic acid groups (broad SMARTS) is 1. The summed E-state index contributed by atoms with van der Waals surface area (Å²) in [5, 5.41) is 16.4. The number of rotatable bonds is 18. The highest BCUT2D eigenvalue weighted by molar-refractivity contribution is 7.98. The maximum atomic E-state index is 13.0. The van der Waals surface area contributed by atoms with Crippen molar-refractivity contribution in [1.29, 1.82) is 0 Å². The SMILES string of the molecule is CC[C@H](C)[C@H](NC(=O)[C@@H](N)CCSC)C(=O)N[C@@H](CCC(=O)O)C(=O)N[C@H]([C]=O)CCC(N)=O. The van der Waals surface area contributed by atoms with E-state index in [9.17, 15) is 28.8 Å². The van der Waals surface area contributed by atoms with Crippen molar-refractivity contribution in [2.24, 2.45) is 17.4 Å². The summed E-state index contributed by atoms with van der Waals surface area (Å²) in [6, 6.07) is -4.29. The number of carbonyl (C=O) groups is 5. The first-order chi connectivity index (χ1) is 16.0. The van der Waals surface area contributed by atoms with Gasteiger partial charge in [0.1, 0.15) is 12.1 Å². The van der Waals surface area contributed by atoms with E-state index in [4.69, 9.17) is 16.6 Å². The van der Waals surface area contributed by atoms with Crippen LogP contribution in [0.5, 0.6) is 0 Å². The monoisotopic (exact) mass is 502 g/mol. The number of primary amides is 1. The Bertz CT molecular complexity index is 722. The number of nitrogens with one attached hydrogen (secondary N) is 3. The lowest BCUT2D eigenvalue weighted by Gasteiger charge is -2.27. The van der Waals surface area contributed by atoms with E-state index < -0.39 is 60.2 Å². The van der Waals surface area contributed by atoms with Crippen LogP contribution in [0, 0.1) is 5.92 Å². The molecule has 0 fully saturated rings. The molecule has 0 unspecified atom stereocenters. The topological polar surface area (TPSA) is 211 Å². The van der Waals surface area contributed by atoms with Crippen LogP contribution in [0.25, 0.3) is 0 Å². The molecule has 193 valence electrons. The highest BCUT2D eigenvalue weighted by atomic mass is 32.2. The quantitative estimate of drug-likeness (QED) is 0.133. The maximum absolute atomic E-state index is 13.0. The number of amides is 4. The van der Waals surface area contributed by atoms with Gasteiger partial charge in [-0.1, -0.05) is 20.3 Å². The van der Waals surface area contributed by atoms with Gasteiger partial charge in [0, 0.05) is 12.8 Å². The van der Waals surface area contributed by atoms with Gasteiger partial charge in [0.15, 0.2) is 0 Å². The standard InChI is InChI=1S/C21H36N5O7S/c1-4-12(2)18(26-19(31)14(22)9-10-34-3)21(33)25-15(6-8-17(29)30)20(32)24-13(11-27)5-7-16(23)28/h12-15,18H,4-10,22H2,1-3H3,(H2,23,28)(H,24,32)(H,25,33)(H,26,31)(H,29,30)/t12-,13-,14-,15-,18-/m0/s1. The van der Waals surface area contributed by atoms with Gasteiger partial charge in [-0.2, -0.15) is 11.8 Å². The number of carbonyl (C=O) groups excluding carboxylic acids is 5. The average molecular weight is 503 g/mol. The fraction of sp³-hybridized carbons (Fsp3) is 0.714. The molecule has 0 aromatic carbocycles. The summed E-state index contributed by atoms with van der Waals surface area (Å²) in [4.78, 5) is 71.3. The molecule has 0 aromatic heterocycles. The van der Waals surface area contributed by atoms with Gasteiger partial charge >= 0.3 is 5.97 Å². The molecule has 0 spiro atoms. The van der Waals surface area contributed by atoms with Crippen LogP contribution in [-0.4, -0.2) is 77.2 Å². The number of nitrogens with two attached hydrogens (primary N) is 2. The molecule has 0 rings (SSSR count). The highest BCUT2D eigenvalue weighted by Crippen LogP contribution is 2.11.